The Morgan fingerprint density at radius 3 is 2.23 bits per heavy atom. The molecule has 0 saturated heterocycles. The third-order valence-electron chi connectivity index (χ3n) is 4.58. The van der Waals surface area contributed by atoms with Crippen LogP contribution >= 0.6 is 0 Å². The van der Waals surface area contributed by atoms with Gasteiger partial charge in [0.05, 0.1) is 14.2 Å². The van der Waals surface area contributed by atoms with Crippen LogP contribution in [0.5, 0.6) is 5.75 Å². The van der Waals surface area contributed by atoms with E-state index < -0.39 is 5.54 Å². The van der Waals surface area contributed by atoms with Crippen molar-refractivity contribution in [2.45, 2.75) is 25.8 Å². The second-order valence-electron chi connectivity index (χ2n) is 5.93. The molecule has 0 aliphatic carbocycles. The number of benzene rings is 2. The number of carbonyl (C=O) groups excluding carboxylic acids is 1. The number of anilines is 1. The average molecular weight is 353 g/mol. The summed E-state index contributed by atoms with van der Waals surface area (Å²) < 4.78 is 10.5. The molecule has 4 nitrogen and oxygen atoms in total. The minimum atomic E-state index is -0.939. The number of rotatable bonds is 8. The molecular weight excluding hydrogens is 326 g/mol. The number of ether oxygens (including phenoxy) is 2. The van der Waals surface area contributed by atoms with Crippen molar-refractivity contribution in [3.63, 3.8) is 0 Å². The van der Waals surface area contributed by atoms with Crippen molar-refractivity contribution in [1.82, 2.24) is 0 Å². The predicted octanol–water partition coefficient (Wildman–Crippen LogP) is 4.56. The van der Waals surface area contributed by atoms with Gasteiger partial charge in [-0.25, -0.2) is 4.79 Å². The molecular formula is C22H27NO3. The van der Waals surface area contributed by atoms with Crippen molar-refractivity contribution in [2.24, 2.45) is 0 Å². The smallest absolute Gasteiger partial charge is 0.336 e. The molecule has 26 heavy (non-hydrogen) atoms. The molecule has 0 fully saturated rings. The zero-order valence-electron chi connectivity index (χ0n) is 15.9. The summed E-state index contributed by atoms with van der Waals surface area (Å²) in [6, 6.07) is 17.6. The molecule has 0 amide bonds. The zero-order valence-corrected chi connectivity index (χ0v) is 15.9. The van der Waals surface area contributed by atoms with Crippen LogP contribution in [0.3, 0.4) is 0 Å². The Morgan fingerprint density at radius 2 is 1.73 bits per heavy atom. The first-order chi connectivity index (χ1) is 12.6. The first-order valence-corrected chi connectivity index (χ1v) is 8.80. The van der Waals surface area contributed by atoms with E-state index in [1.54, 1.807) is 7.11 Å². The third-order valence-corrected chi connectivity index (χ3v) is 4.58. The monoisotopic (exact) mass is 353 g/mol. The standard InChI is InChI=1S/C22H27NO3/c1-5-7-17-22(21(24)26-4,18-11-9-8-10-12-18)23(6-2)19-13-15-20(25-3)16-14-19/h5,7-16H,6,17H2,1-4H3/b7-5+. The van der Waals surface area contributed by atoms with Crippen LogP contribution in [0.25, 0.3) is 0 Å². The molecule has 4 heteroatoms. The molecule has 138 valence electrons. The molecule has 0 aromatic heterocycles. The van der Waals surface area contributed by atoms with E-state index in [0.29, 0.717) is 13.0 Å². The largest absolute Gasteiger partial charge is 0.497 e. The summed E-state index contributed by atoms with van der Waals surface area (Å²) in [5.41, 5.74) is 0.904. The van der Waals surface area contributed by atoms with Gasteiger partial charge in [-0.15, -0.1) is 0 Å². The molecule has 2 rings (SSSR count). The first-order valence-electron chi connectivity index (χ1n) is 8.80. The van der Waals surface area contributed by atoms with Gasteiger partial charge in [-0.1, -0.05) is 42.5 Å². The maximum absolute atomic E-state index is 13.1. The fraction of sp³-hybridized carbons (Fsp3) is 0.318. The molecule has 1 atom stereocenters. The fourth-order valence-corrected chi connectivity index (χ4v) is 3.30. The summed E-state index contributed by atoms with van der Waals surface area (Å²) in [6.07, 6.45) is 4.48. The van der Waals surface area contributed by atoms with Gasteiger partial charge in [0.1, 0.15) is 5.75 Å². The second kappa shape index (κ2) is 9.09. The molecule has 0 aliphatic heterocycles. The molecule has 2 aromatic rings. The summed E-state index contributed by atoms with van der Waals surface area (Å²) >= 11 is 0. The number of hydrogen-bond donors (Lipinski definition) is 0. The molecule has 0 N–H and O–H groups in total. The highest BCUT2D eigenvalue weighted by Gasteiger charge is 2.45. The van der Waals surface area contributed by atoms with Crippen LogP contribution in [0.15, 0.2) is 66.7 Å². The Morgan fingerprint density at radius 1 is 1.08 bits per heavy atom. The van der Waals surface area contributed by atoms with Crippen LogP contribution in [0.2, 0.25) is 0 Å². The van der Waals surface area contributed by atoms with E-state index >= 15 is 0 Å². The van der Waals surface area contributed by atoms with Gasteiger partial charge in [-0.05, 0) is 43.7 Å². The van der Waals surface area contributed by atoms with Crippen LogP contribution in [-0.2, 0) is 15.1 Å². The Labute approximate surface area is 156 Å². The molecule has 0 spiro atoms. The van der Waals surface area contributed by atoms with Gasteiger partial charge in [0.15, 0.2) is 5.54 Å². The number of nitrogens with zero attached hydrogens (tertiary/aromatic N) is 1. The van der Waals surface area contributed by atoms with E-state index in [1.807, 2.05) is 80.6 Å². The van der Waals surface area contributed by atoms with Crippen LogP contribution in [-0.4, -0.2) is 26.7 Å². The minimum absolute atomic E-state index is 0.278. The van der Waals surface area contributed by atoms with Gasteiger partial charge >= 0.3 is 5.97 Å². The zero-order chi connectivity index (χ0) is 19.0. The van der Waals surface area contributed by atoms with Crippen LogP contribution in [0, 0.1) is 0 Å². The van der Waals surface area contributed by atoms with Gasteiger partial charge < -0.3 is 14.4 Å². The number of hydrogen-bond acceptors (Lipinski definition) is 4. The van der Waals surface area contributed by atoms with Gasteiger partial charge in [0.2, 0.25) is 0 Å². The predicted molar refractivity (Wildman–Crippen MR) is 106 cm³/mol. The maximum Gasteiger partial charge on any atom is 0.336 e. The Hall–Kier alpha value is -2.75. The van der Waals surface area contributed by atoms with Crippen molar-refractivity contribution < 1.29 is 14.3 Å². The summed E-state index contributed by atoms with van der Waals surface area (Å²) in [6.45, 7) is 4.64. The fourth-order valence-electron chi connectivity index (χ4n) is 3.30. The Kier molecular flexibility index (Phi) is 6.84. The van der Waals surface area contributed by atoms with E-state index in [9.17, 15) is 4.79 Å². The van der Waals surface area contributed by atoms with Gasteiger partial charge in [-0.2, -0.15) is 0 Å². The first kappa shape index (κ1) is 19.6. The van der Waals surface area contributed by atoms with Crippen LogP contribution < -0.4 is 9.64 Å². The minimum Gasteiger partial charge on any atom is -0.497 e. The van der Waals surface area contributed by atoms with Crippen molar-refractivity contribution in [1.29, 1.82) is 0 Å². The molecule has 0 heterocycles. The second-order valence-corrected chi connectivity index (χ2v) is 5.93. The summed E-state index contributed by atoms with van der Waals surface area (Å²) in [5.74, 6) is 0.501. The van der Waals surface area contributed by atoms with Crippen molar-refractivity contribution in [3.05, 3.63) is 72.3 Å². The quantitative estimate of drug-likeness (QED) is 0.515. The molecule has 2 aromatic carbocycles. The molecule has 0 radical (unpaired) electrons. The normalized spacial score (nSPS) is 13.2. The third kappa shape index (κ3) is 3.74. The number of likely N-dealkylation sites (N-methyl/N-ethyl adjacent to an activating group) is 1. The highest BCUT2D eigenvalue weighted by molar-refractivity contribution is 5.87. The van der Waals surface area contributed by atoms with E-state index in [1.165, 1.54) is 7.11 Å². The lowest BCUT2D eigenvalue weighted by atomic mass is 9.83. The van der Waals surface area contributed by atoms with Crippen molar-refractivity contribution >= 4 is 11.7 Å². The lowest BCUT2D eigenvalue weighted by molar-refractivity contribution is -0.147. The lowest BCUT2D eigenvalue weighted by Crippen LogP contribution is -2.53. The average Bonchev–Trinajstić information content (AvgIpc) is 2.71. The highest BCUT2D eigenvalue weighted by Crippen LogP contribution is 2.38. The van der Waals surface area contributed by atoms with Crippen molar-refractivity contribution in [3.8, 4) is 5.75 Å². The number of methoxy groups -OCH3 is 2. The Bertz CT molecular complexity index is 725. The van der Waals surface area contributed by atoms with Crippen LogP contribution in [0.1, 0.15) is 25.8 Å². The SMILES string of the molecule is C/C=C/CC(C(=O)OC)(c1ccccc1)N(CC)c1ccc(OC)cc1. The Balaban J connectivity index is 2.66. The van der Waals surface area contributed by atoms with Gasteiger partial charge in [-0.3, -0.25) is 0 Å². The summed E-state index contributed by atoms with van der Waals surface area (Å²) in [7, 11) is 3.08. The van der Waals surface area contributed by atoms with Crippen molar-refractivity contribution in [2.75, 3.05) is 25.7 Å². The molecule has 0 bridgehead atoms. The summed E-state index contributed by atoms with van der Waals surface area (Å²) in [4.78, 5) is 15.2. The molecule has 0 saturated carbocycles. The van der Waals surface area contributed by atoms with Gasteiger partial charge in [0.25, 0.3) is 0 Å². The summed E-state index contributed by atoms with van der Waals surface area (Å²) in [5, 5.41) is 0. The molecule has 0 aliphatic rings. The number of esters is 1. The lowest BCUT2D eigenvalue weighted by Gasteiger charge is -2.42. The highest BCUT2D eigenvalue weighted by atomic mass is 16.5. The maximum atomic E-state index is 13.1. The molecule has 1 unspecified atom stereocenters. The van der Waals surface area contributed by atoms with E-state index in [0.717, 1.165) is 17.0 Å². The van der Waals surface area contributed by atoms with E-state index in [2.05, 4.69) is 4.90 Å². The van der Waals surface area contributed by atoms with E-state index in [-0.39, 0.29) is 5.97 Å². The van der Waals surface area contributed by atoms with Crippen LogP contribution in [0.4, 0.5) is 5.69 Å². The number of allylic oxidation sites excluding steroid dienone is 1. The van der Waals surface area contributed by atoms with Gasteiger partial charge in [0, 0.05) is 18.7 Å². The van der Waals surface area contributed by atoms with E-state index in [4.69, 9.17) is 9.47 Å². The topological polar surface area (TPSA) is 38.8 Å². The number of carbonyl (C=O) groups is 1.